The Labute approximate surface area is 77.0 Å². The van der Waals surface area contributed by atoms with Crippen LogP contribution in [0.4, 0.5) is 11.4 Å². The van der Waals surface area contributed by atoms with Gasteiger partial charge in [-0.3, -0.25) is 4.98 Å². The first-order valence-electron chi connectivity index (χ1n) is 3.35. The van der Waals surface area contributed by atoms with Gasteiger partial charge in [0.15, 0.2) is 10.1 Å². The first-order chi connectivity index (χ1) is 6.59. The van der Waals surface area contributed by atoms with Crippen LogP contribution < -0.4 is 10.9 Å². The summed E-state index contributed by atoms with van der Waals surface area (Å²) in [5.41, 5.74) is 3.46. The largest absolute Gasteiger partial charge is 0.262 e. The van der Waals surface area contributed by atoms with E-state index in [1.807, 2.05) is 0 Å². The van der Waals surface area contributed by atoms with E-state index in [1.165, 1.54) is 12.3 Å². The Bertz CT molecular complexity index is 332. The molecule has 0 fully saturated rings. The van der Waals surface area contributed by atoms with Gasteiger partial charge < -0.3 is 0 Å². The van der Waals surface area contributed by atoms with Crippen LogP contribution in [0.3, 0.4) is 0 Å². The number of hydrogen-bond donors (Lipinski definition) is 2. The van der Waals surface area contributed by atoms with E-state index in [4.69, 9.17) is 0 Å². The molecule has 0 atom stereocenters. The predicted octanol–water partition coefficient (Wildman–Crippen LogP) is 0.289. The molecule has 1 aromatic rings. The van der Waals surface area contributed by atoms with Gasteiger partial charge in [0.1, 0.15) is 11.4 Å². The van der Waals surface area contributed by atoms with Gasteiger partial charge in [0, 0.05) is 6.20 Å². The fourth-order valence-corrected chi connectivity index (χ4v) is 0.778. The number of hydrazine groups is 2. The highest BCUT2D eigenvalue weighted by Gasteiger charge is 2.10. The fourth-order valence-electron chi connectivity index (χ4n) is 0.778. The minimum absolute atomic E-state index is 0.0262. The lowest BCUT2D eigenvalue weighted by molar-refractivity contribution is -0.448. The highest BCUT2D eigenvalue weighted by molar-refractivity contribution is 5.64. The molecule has 1 rings (SSSR count). The van der Waals surface area contributed by atoms with Crippen molar-refractivity contribution >= 4 is 11.4 Å². The quantitative estimate of drug-likeness (QED) is 0.527. The minimum atomic E-state index is -0.831. The molecule has 74 valence electrons. The summed E-state index contributed by atoms with van der Waals surface area (Å²) in [5, 5.41) is 18.5. The number of pyridine rings is 1. The lowest BCUT2D eigenvalue weighted by Gasteiger charge is -2.01. The zero-order valence-corrected chi connectivity index (χ0v) is 6.71. The zero-order chi connectivity index (χ0) is 10.6. The van der Waals surface area contributed by atoms with Crippen LogP contribution in [0.25, 0.3) is 0 Å². The van der Waals surface area contributed by atoms with Crippen LogP contribution in [-0.4, -0.2) is 15.0 Å². The molecule has 0 saturated heterocycles. The average molecular weight is 199 g/mol. The van der Waals surface area contributed by atoms with E-state index >= 15 is 0 Å². The Morgan fingerprint density at radius 2 is 1.71 bits per heavy atom. The SMILES string of the molecule is O=[N+]([O-])Nc1ccncc1N[N+](=O)[O-]. The number of aromatic nitrogens is 1. The molecule has 0 spiro atoms. The normalized spacial score (nSPS) is 9.14. The lowest BCUT2D eigenvalue weighted by atomic mass is 10.4. The molecule has 0 aliphatic heterocycles. The standard InChI is InChI=1S/C5H5N5O4/c11-9(12)7-4-1-2-6-3-5(4)8-10(13)14/h1-3,8H,(H,6,7). The molecular weight excluding hydrogens is 194 g/mol. The van der Waals surface area contributed by atoms with E-state index in [2.05, 4.69) is 4.98 Å². The summed E-state index contributed by atoms with van der Waals surface area (Å²) in [4.78, 5) is 23.7. The van der Waals surface area contributed by atoms with Gasteiger partial charge in [-0.25, -0.2) is 20.2 Å². The van der Waals surface area contributed by atoms with Crippen molar-refractivity contribution in [3.63, 3.8) is 0 Å². The summed E-state index contributed by atoms with van der Waals surface area (Å²) < 4.78 is 0. The molecule has 0 bridgehead atoms. The summed E-state index contributed by atoms with van der Waals surface area (Å²) in [6.45, 7) is 0. The van der Waals surface area contributed by atoms with Crippen LogP contribution in [0.1, 0.15) is 0 Å². The van der Waals surface area contributed by atoms with Crippen molar-refractivity contribution in [2.75, 3.05) is 10.9 Å². The molecule has 9 heteroatoms. The number of nitrogens with zero attached hydrogens (tertiary/aromatic N) is 3. The monoisotopic (exact) mass is 199 g/mol. The molecular formula is C5H5N5O4. The molecule has 0 unspecified atom stereocenters. The topological polar surface area (TPSA) is 123 Å². The molecule has 0 amide bonds. The minimum Gasteiger partial charge on any atom is -0.262 e. The molecule has 0 aromatic carbocycles. The van der Waals surface area contributed by atoms with Gasteiger partial charge in [-0.05, 0) is 6.07 Å². The highest BCUT2D eigenvalue weighted by Crippen LogP contribution is 2.18. The van der Waals surface area contributed by atoms with Crippen LogP contribution in [0.5, 0.6) is 0 Å². The first kappa shape index (κ1) is 9.64. The Hall–Kier alpha value is -2.45. The van der Waals surface area contributed by atoms with Crippen LogP contribution in [0.2, 0.25) is 0 Å². The molecule has 0 radical (unpaired) electrons. The van der Waals surface area contributed by atoms with Crippen molar-refractivity contribution < 1.29 is 10.1 Å². The maximum absolute atomic E-state index is 10.1. The smallest absolute Gasteiger partial charge is 0.162 e. The molecule has 0 saturated carbocycles. The number of nitrogens with one attached hydrogen (secondary N) is 2. The van der Waals surface area contributed by atoms with E-state index in [0.717, 1.165) is 6.20 Å². The van der Waals surface area contributed by atoms with Crippen molar-refractivity contribution in [1.82, 2.24) is 4.98 Å². The van der Waals surface area contributed by atoms with Crippen LogP contribution in [-0.2, 0) is 0 Å². The van der Waals surface area contributed by atoms with Gasteiger partial charge in [-0.2, -0.15) is 0 Å². The summed E-state index contributed by atoms with van der Waals surface area (Å²) in [5.74, 6) is 0. The molecule has 2 N–H and O–H groups in total. The Morgan fingerprint density at radius 3 is 2.29 bits per heavy atom. The van der Waals surface area contributed by atoms with Crippen molar-refractivity contribution in [1.29, 1.82) is 0 Å². The number of nitro groups is 2. The van der Waals surface area contributed by atoms with E-state index in [1.54, 1.807) is 10.9 Å². The Kier molecular flexibility index (Phi) is 2.74. The maximum Gasteiger partial charge on any atom is 0.162 e. The highest BCUT2D eigenvalue weighted by atomic mass is 16.7. The molecule has 0 aliphatic carbocycles. The number of hydrogen-bond acceptors (Lipinski definition) is 5. The maximum atomic E-state index is 10.1. The summed E-state index contributed by atoms with van der Waals surface area (Å²) in [6, 6.07) is 1.24. The molecule has 14 heavy (non-hydrogen) atoms. The van der Waals surface area contributed by atoms with Crippen LogP contribution >= 0.6 is 0 Å². The van der Waals surface area contributed by atoms with Crippen molar-refractivity contribution in [2.45, 2.75) is 0 Å². The van der Waals surface area contributed by atoms with Crippen LogP contribution in [0, 0.1) is 20.2 Å². The predicted molar refractivity (Wildman–Crippen MR) is 45.5 cm³/mol. The van der Waals surface area contributed by atoms with E-state index in [9.17, 15) is 20.2 Å². The average Bonchev–Trinajstić information content (AvgIpc) is 2.06. The van der Waals surface area contributed by atoms with Crippen LogP contribution in [0.15, 0.2) is 18.5 Å². The van der Waals surface area contributed by atoms with Gasteiger partial charge in [-0.15, -0.1) is 10.9 Å². The number of anilines is 2. The van der Waals surface area contributed by atoms with Gasteiger partial charge in [0.25, 0.3) is 0 Å². The van der Waals surface area contributed by atoms with Gasteiger partial charge >= 0.3 is 0 Å². The second-order valence-corrected chi connectivity index (χ2v) is 2.16. The van der Waals surface area contributed by atoms with Crippen molar-refractivity contribution in [3.8, 4) is 0 Å². The second-order valence-electron chi connectivity index (χ2n) is 2.16. The third-order valence-electron chi connectivity index (χ3n) is 1.24. The Balaban J connectivity index is 2.90. The van der Waals surface area contributed by atoms with Gasteiger partial charge in [0.2, 0.25) is 0 Å². The summed E-state index contributed by atoms with van der Waals surface area (Å²) >= 11 is 0. The Morgan fingerprint density at radius 1 is 1.14 bits per heavy atom. The van der Waals surface area contributed by atoms with Gasteiger partial charge in [0.05, 0.1) is 6.20 Å². The summed E-state index contributed by atoms with van der Waals surface area (Å²) in [6.07, 6.45) is 2.38. The molecule has 9 nitrogen and oxygen atoms in total. The van der Waals surface area contributed by atoms with E-state index < -0.39 is 10.1 Å². The van der Waals surface area contributed by atoms with Crippen molar-refractivity contribution in [2.24, 2.45) is 0 Å². The zero-order valence-electron chi connectivity index (χ0n) is 6.71. The van der Waals surface area contributed by atoms with Gasteiger partial charge in [-0.1, -0.05) is 0 Å². The fraction of sp³-hybridized carbons (Fsp3) is 0. The lowest BCUT2D eigenvalue weighted by Crippen LogP contribution is -2.14. The third-order valence-corrected chi connectivity index (χ3v) is 1.24. The van der Waals surface area contributed by atoms with Crippen molar-refractivity contribution in [3.05, 3.63) is 38.7 Å². The van der Waals surface area contributed by atoms with E-state index in [0.29, 0.717) is 0 Å². The second kappa shape index (κ2) is 3.98. The molecule has 1 aromatic heterocycles. The first-order valence-corrected chi connectivity index (χ1v) is 3.35. The number of rotatable bonds is 4. The summed E-state index contributed by atoms with van der Waals surface area (Å²) in [7, 11) is 0. The molecule has 0 aliphatic rings. The van der Waals surface area contributed by atoms with E-state index in [-0.39, 0.29) is 11.4 Å². The third kappa shape index (κ3) is 2.55. The molecule has 1 heterocycles.